The van der Waals surface area contributed by atoms with Crippen LogP contribution in [0.4, 0.5) is 0 Å². The van der Waals surface area contributed by atoms with Crippen molar-refractivity contribution in [3.05, 3.63) is 0 Å². The number of nitrogens with one attached hydrogen (secondary N) is 1. The van der Waals surface area contributed by atoms with Crippen molar-refractivity contribution in [2.75, 3.05) is 0 Å². The van der Waals surface area contributed by atoms with Crippen LogP contribution in [-0.4, -0.2) is 17.4 Å². The van der Waals surface area contributed by atoms with E-state index < -0.39 is 0 Å². The van der Waals surface area contributed by atoms with Gasteiger partial charge in [0.2, 0.25) is 0 Å². The zero-order chi connectivity index (χ0) is 7.19. The lowest BCUT2D eigenvalue weighted by Gasteiger charge is -2.29. The highest BCUT2D eigenvalue weighted by Gasteiger charge is 2.40. The van der Waals surface area contributed by atoms with Crippen molar-refractivity contribution in [2.24, 2.45) is 0 Å². The highest BCUT2D eigenvalue weighted by atomic mass is 16.1. The van der Waals surface area contributed by atoms with Crippen LogP contribution in [0.25, 0.3) is 0 Å². The monoisotopic (exact) mass is 139 g/mol. The Hall–Kier alpha value is -0.370. The van der Waals surface area contributed by atoms with Gasteiger partial charge in [-0.15, -0.1) is 0 Å². The molecular weight excluding hydrogens is 126 g/mol. The van der Waals surface area contributed by atoms with Gasteiger partial charge >= 0.3 is 0 Å². The number of rotatable bonds is 0. The predicted molar refractivity (Wildman–Crippen MR) is 38.8 cm³/mol. The molecule has 2 nitrogen and oxygen atoms in total. The topological polar surface area (TPSA) is 29.1 Å². The van der Waals surface area contributed by atoms with E-state index in [4.69, 9.17) is 0 Å². The number of ketones is 1. The number of fused-ring (bicyclic) bond motifs is 2. The van der Waals surface area contributed by atoms with Crippen LogP contribution in [-0.2, 0) is 4.79 Å². The van der Waals surface area contributed by atoms with Gasteiger partial charge in [0.05, 0.1) is 0 Å². The lowest BCUT2D eigenvalue weighted by Crippen LogP contribution is -2.47. The Morgan fingerprint density at radius 2 is 2.50 bits per heavy atom. The smallest absolute Gasteiger partial charge is 0.136 e. The van der Waals surface area contributed by atoms with Gasteiger partial charge in [-0.25, -0.2) is 0 Å². The van der Waals surface area contributed by atoms with Crippen LogP contribution < -0.4 is 5.32 Å². The minimum atomic E-state index is 0.167. The van der Waals surface area contributed by atoms with Crippen molar-refractivity contribution >= 4 is 5.78 Å². The molecule has 0 aromatic carbocycles. The van der Waals surface area contributed by atoms with Gasteiger partial charge in [0, 0.05) is 24.4 Å². The first-order valence-electron chi connectivity index (χ1n) is 3.97. The van der Waals surface area contributed by atoms with Crippen LogP contribution in [0.3, 0.4) is 0 Å². The number of Topliss-reactive ketones (excluding diaryl/α,β-unsaturated/α-hetero) is 1. The first-order valence-corrected chi connectivity index (χ1v) is 3.97. The van der Waals surface area contributed by atoms with E-state index in [1.165, 1.54) is 12.8 Å². The van der Waals surface area contributed by atoms with Gasteiger partial charge in [0.1, 0.15) is 5.78 Å². The molecule has 2 rings (SSSR count). The van der Waals surface area contributed by atoms with Gasteiger partial charge in [0.15, 0.2) is 0 Å². The molecule has 0 spiro atoms. The Bertz CT molecular complexity index is 178. The van der Waals surface area contributed by atoms with Gasteiger partial charge in [-0.2, -0.15) is 0 Å². The van der Waals surface area contributed by atoms with Crippen LogP contribution in [0.15, 0.2) is 0 Å². The van der Waals surface area contributed by atoms with E-state index in [0.29, 0.717) is 11.8 Å². The van der Waals surface area contributed by atoms with Gasteiger partial charge in [-0.3, -0.25) is 4.79 Å². The molecule has 2 heteroatoms. The summed E-state index contributed by atoms with van der Waals surface area (Å²) >= 11 is 0. The van der Waals surface area contributed by atoms with Crippen LogP contribution >= 0.6 is 0 Å². The largest absolute Gasteiger partial charge is 0.308 e. The summed E-state index contributed by atoms with van der Waals surface area (Å²) in [6.07, 6.45) is 3.91. The quantitative estimate of drug-likeness (QED) is 0.539. The van der Waals surface area contributed by atoms with E-state index in [-0.39, 0.29) is 5.54 Å². The zero-order valence-electron chi connectivity index (χ0n) is 6.31. The second-order valence-corrected chi connectivity index (χ2v) is 3.86. The fourth-order valence-corrected chi connectivity index (χ4v) is 2.20. The molecule has 0 aliphatic carbocycles. The molecule has 2 atom stereocenters. The van der Waals surface area contributed by atoms with Crippen LogP contribution in [0, 0.1) is 0 Å². The minimum absolute atomic E-state index is 0.167. The molecule has 2 bridgehead atoms. The van der Waals surface area contributed by atoms with Crippen LogP contribution in [0.5, 0.6) is 0 Å². The Labute approximate surface area is 61.0 Å². The second-order valence-electron chi connectivity index (χ2n) is 3.86. The van der Waals surface area contributed by atoms with E-state index in [0.717, 1.165) is 12.8 Å². The third-order valence-electron chi connectivity index (χ3n) is 2.66. The summed E-state index contributed by atoms with van der Waals surface area (Å²) in [7, 11) is 0. The number of carbonyl (C=O) groups excluding carboxylic acids is 1. The number of carbonyl (C=O) groups is 1. The molecular formula is C8H13NO. The molecule has 2 aliphatic heterocycles. The van der Waals surface area contributed by atoms with Crippen molar-refractivity contribution in [3.63, 3.8) is 0 Å². The van der Waals surface area contributed by atoms with E-state index >= 15 is 0 Å². The Kier molecular flexibility index (Phi) is 1.15. The van der Waals surface area contributed by atoms with Crippen molar-refractivity contribution in [1.29, 1.82) is 0 Å². The first kappa shape index (κ1) is 6.35. The summed E-state index contributed by atoms with van der Waals surface area (Å²) in [5, 5.41) is 3.48. The standard InChI is InChI=1S/C8H13NO/c1-8-3-2-6(9-8)4-7(10)5-8/h6,9H,2-5H2,1H3/t6-,8+/m1/s1. The minimum Gasteiger partial charge on any atom is -0.308 e. The molecule has 2 saturated heterocycles. The van der Waals surface area contributed by atoms with E-state index in [1.54, 1.807) is 0 Å². The molecule has 2 heterocycles. The zero-order valence-corrected chi connectivity index (χ0v) is 6.31. The molecule has 0 aromatic heterocycles. The first-order chi connectivity index (χ1) is 4.68. The summed E-state index contributed by atoms with van der Waals surface area (Å²) < 4.78 is 0. The highest BCUT2D eigenvalue weighted by molar-refractivity contribution is 5.81. The van der Waals surface area contributed by atoms with E-state index in [9.17, 15) is 4.79 Å². The van der Waals surface area contributed by atoms with Crippen molar-refractivity contribution in [3.8, 4) is 0 Å². The maximum Gasteiger partial charge on any atom is 0.136 e. The molecule has 56 valence electrons. The molecule has 0 saturated carbocycles. The SMILES string of the molecule is C[C@]12CC[C@H](CC(=O)C1)N2. The fraction of sp³-hybridized carbons (Fsp3) is 0.875. The van der Waals surface area contributed by atoms with Gasteiger partial charge in [0.25, 0.3) is 0 Å². The highest BCUT2D eigenvalue weighted by Crippen LogP contribution is 2.32. The summed E-state index contributed by atoms with van der Waals surface area (Å²) in [6.45, 7) is 2.16. The average molecular weight is 139 g/mol. The lowest BCUT2D eigenvalue weighted by molar-refractivity contribution is -0.121. The molecule has 2 aliphatic rings. The van der Waals surface area contributed by atoms with Gasteiger partial charge in [-0.05, 0) is 19.8 Å². The maximum atomic E-state index is 11.1. The number of piperidine rings is 1. The summed E-state index contributed by atoms with van der Waals surface area (Å²) in [5.74, 6) is 0.448. The normalized spacial score (nSPS) is 46.1. The fourth-order valence-electron chi connectivity index (χ4n) is 2.20. The summed E-state index contributed by atoms with van der Waals surface area (Å²) in [4.78, 5) is 11.1. The summed E-state index contributed by atoms with van der Waals surface area (Å²) in [6, 6.07) is 0.506. The third kappa shape index (κ3) is 0.870. The molecule has 1 N–H and O–H groups in total. The Morgan fingerprint density at radius 3 is 3.20 bits per heavy atom. The van der Waals surface area contributed by atoms with Crippen molar-refractivity contribution in [2.45, 2.75) is 44.2 Å². The van der Waals surface area contributed by atoms with Crippen LogP contribution in [0.1, 0.15) is 32.6 Å². The second kappa shape index (κ2) is 1.82. The lowest BCUT2D eigenvalue weighted by atomic mass is 9.92. The van der Waals surface area contributed by atoms with Gasteiger partial charge in [-0.1, -0.05) is 0 Å². The van der Waals surface area contributed by atoms with Crippen molar-refractivity contribution in [1.82, 2.24) is 5.32 Å². The summed E-state index contributed by atoms with van der Waals surface area (Å²) in [5.41, 5.74) is 0.167. The predicted octanol–water partition coefficient (Wildman–Crippen LogP) is 0.860. The maximum absolute atomic E-state index is 11.1. The number of hydrogen-bond acceptors (Lipinski definition) is 2. The molecule has 0 amide bonds. The third-order valence-corrected chi connectivity index (χ3v) is 2.66. The molecule has 0 aromatic rings. The van der Waals surface area contributed by atoms with Crippen LogP contribution in [0.2, 0.25) is 0 Å². The average Bonchev–Trinajstić information content (AvgIpc) is 2.06. The van der Waals surface area contributed by atoms with E-state index in [2.05, 4.69) is 12.2 Å². The number of hydrogen-bond donors (Lipinski definition) is 1. The van der Waals surface area contributed by atoms with Gasteiger partial charge < -0.3 is 5.32 Å². The van der Waals surface area contributed by atoms with E-state index in [1.807, 2.05) is 0 Å². The molecule has 2 fully saturated rings. The Morgan fingerprint density at radius 1 is 1.70 bits per heavy atom. The van der Waals surface area contributed by atoms with Crippen molar-refractivity contribution < 1.29 is 4.79 Å². The molecule has 0 unspecified atom stereocenters. The Balaban J connectivity index is 2.20. The molecule has 0 radical (unpaired) electrons. The molecule has 10 heavy (non-hydrogen) atoms.